The van der Waals surface area contributed by atoms with Gasteiger partial charge in [-0.1, -0.05) is 32.4 Å². The van der Waals surface area contributed by atoms with Crippen LogP contribution in [0, 0.1) is 18.3 Å². The van der Waals surface area contributed by atoms with Gasteiger partial charge in [0, 0.05) is 23.5 Å². The van der Waals surface area contributed by atoms with E-state index in [0.717, 1.165) is 5.57 Å². The maximum atomic E-state index is 13.1. The highest BCUT2D eigenvalue weighted by Gasteiger charge is 2.49. The number of ketones is 1. The average molecular weight is 594 g/mol. The molecule has 1 amide bonds. The lowest BCUT2D eigenvalue weighted by Gasteiger charge is -2.47. The van der Waals surface area contributed by atoms with Gasteiger partial charge in [0.05, 0.1) is 10.9 Å². The Hall–Kier alpha value is -4.31. The van der Waals surface area contributed by atoms with E-state index >= 15 is 0 Å². The van der Waals surface area contributed by atoms with Crippen LogP contribution in [0.3, 0.4) is 0 Å². The summed E-state index contributed by atoms with van der Waals surface area (Å²) in [7, 11) is 0. The number of ether oxygens (including phenoxy) is 2. The predicted octanol–water partition coefficient (Wildman–Crippen LogP) is 5.08. The second kappa shape index (κ2) is 12.1. The summed E-state index contributed by atoms with van der Waals surface area (Å²) < 4.78 is 17.0. The topological polar surface area (TPSA) is 170 Å². The Morgan fingerprint density at radius 3 is 2.51 bits per heavy atom. The number of phenols is 1. The van der Waals surface area contributed by atoms with E-state index in [1.165, 1.54) is 18.2 Å². The number of benzene rings is 2. The van der Waals surface area contributed by atoms with Gasteiger partial charge in [0.1, 0.15) is 41.1 Å². The van der Waals surface area contributed by atoms with Gasteiger partial charge < -0.3 is 34.9 Å². The zero-order valence-corrected chi connectivity index (χ0v) is 25.3. The molecule has 10 heteroatoms. The average Bonchev–Trinajstić information content (AvgIpc) is 2.93. The summed E-state index contributed by atoms with van der Waals surface area (Å²) in [5.41, 5.74) is 6.22. The van der Waals surface area contributed by atoms with Crippen LogP contribution >= 0.6 is 0 Å². The molecule has 1 fully saturated rings. The second-order valence-corrected chi connectivity index (χ2v) is 12.2. The number of rotatable bonds is 8. The largest absolute Gasteiger partial charge is 0.508 e. The normalized spacial score (nSPS) is 21.3. The Labute approximate surface area is 249 Å². The van der Waals surface area contributed by atoms with E-state index in [1.54, 1.807) is 19.1 Å². The van der Waals surface area contributed by atoms with Crippen molar-refractivity contribution in [1.82, 2.24) is 0 Å². The standard InChI is InChI=1S/C33H39NO9/c1-16(2)7-8-19-13-20(9-11-23(19)35)24(36)14-22-27(37)21-10-12-25(17(3)29(21)42-31(22)39)41-26-15-33(5,6)18(4)30(28(26)38)43-32(34)40/h7,9-13,18,26,28,30,35,37-38H,8,14-15H2,1-6H3,(H2,34,40)/t18-,26+,28-,30+/m1/s1. The monoisotopic (exact) mass is 593 g/mol. The van der Waals surface area contributed by atoms with Gasteiger partial charge in [0.2, 0.25) is 0 Å². The fourth-order valence-electron chi connectivity index (χ4n) is 5.55. The van der Waals surface area contributed by atoms with Gasteiger partial charge in [-0.3, -0.25) is 4.79 Å². The third kappa shape index (κ3) is 6.54. The molecule has 0 spiro atoms. The Kier molecular flexibility index (Phi) is 8.92. The molecule has 1 aliphatic rings. The fourth-order valence-corrected chi connectivity index (χ4v) is 5.55. The number of carbonyl (C=O) groups is 2. The number of hydrogen-bond acceptors (Lipinski definition) is 9. The number of aliphatic hydroxyl groups is 1. The number of phenolic OH excluding ortho intramolecular Hbond substituents is 1. The molecule has 1 aliphatic carbocycles. The van der Waals surface area contributed by atoms with Gasteiger partial charge >= 0.3 is 11.7 Å². The van der Waals surface area contributed by atoms with Crippen LogP contribution in [0.4, 0.5) is 4.79 Å². The van der Waals surface area contributed by atoms with Crippen LogP contribution in [0.2, 0.25) is 0 Å². The van der Waals surface area contributed by atoms with Gasteiger partial charge in [-0.15, -0.1) is 0 Å². The van der Waals surface area contributed by atoms with E-state index in [4.69, 9.17) is 19.6 Å². The van der Waals surface area contributed by atoms with E-state index in [-0.39, 0.29) is 44.9 Å². The van der Waals surface area contributed by atoms with E-state index in [1.807, 2.05) is 40.7 Å². The molecule has 0 saturated heterocycles. The highest BCUT2D eigenvalue weighted by atomic mass is 16.6. The van der Waals surface area contributed by atoms with Crippen molar-refractivity contribution in [2.75, 3.05) is 0 Å². The molecule has 3 aromatic rings. The molecule has 43 heavy (non-hydrogen) atoms. The Morgan fingerprint density at radius 1 is 1.16 bits per heavy atom. The first-order valence-corrected chi connectivity index (χ1v) is 14.2. The summed E-state index contributed by atoms with van der Waals surface area (Å²) in [6.07, 6.45) is -1.41. The summed E-state index contributed by atoms with van der Waals surface area (Å²) in [5.74, 6) is -0.632. The highest BCUT2D eigenvalue weighted by Crippen LogP contribution is 2.44. The van der Waals surface area contributed by atoms with Crippen molar-refractivity contribution < 1.29 is 38.8 Å². The Balaban J connectivity index is 1.63. The molecule has 5 N–H and O–H groups in total. The second-order valence-electron chi connectivity index (χ2n) is 12.2. The maximum Gasteiger partial charge on any atom is 0.404 e. The van der Waals surface area contributed by atoms with Crippen LogP contribution in [0.5, 0.6) is 17.2 Å². The van der Waals surface area contributed by atoms with Crippen molar-refractivity contribution in [3.05, 3.63) is 74.7 Å². The number of hydrogen-bond donors (Lipinski definition) is 4. The number of carbonyl (C=O) groups excluding carboxylic acids is 2. The number of amides is 1. The van der Waals surface area contributed by atoms with Crippen LogP contribution in [-0.4, -0.2) is 45.5 Å². The van der Waals surface area contributed by atoms with Crippen molar-refractivity contribution in [2.24, 2.45) is 17.1 Å². The van der Waals surface area contributed by atoms with Crippen molar-refractivity contribution in [3.63, 3.8) is 0 Å². The molecule has 2 aromatic carbocycles. The Morgan fingerprint density at radius 2 is 1.86 bits per heavy atom. The molecule has 230 valence electrons. The molecule has 1 heterocycles. The van der Waals surface area contributed by atoms with Crippen molar-refractivity contribution in [1.29, 1.82) is 0 Å². The van der Waals surface area contributed by atoms with Crippen LogP contribution in [0.25, 0.3) is 11.0 Å². The van der Waals surface area contributed by atoms with Gasteiger partial charge in [-0.05, 0) is 74.9 Å². The quantitative estimate of drug-likeness (QED) is 0.158. The highest BCUT2D eigenvalue weighted by molar-refractivity contribution is 5.99. The number of primary amides is 1. The molecule has 4 rings (SSSR count). The minimum Gasteiger partial charge on any atom is -0.508 e. The lowest BCUT2D eigenvalue weighted by molar-refractivity contribution is -0.139. The molecule has 0 bridgehead atoms. The van der Waals surface area contributed by atoms with Crippen LogP contribution in [0.1, 0.15) is 68.1 Å². The zero-order valence-electron chi connectivity index (χ0n) is 25.3. The molecule has 0 aliphatic heterocycles. The number of aryl methyl sites for hydroxylation is 1. The van der Waals surface area contributed by atoms with Crippen molar-refractivity contribution >= 4 is 22.8 Å². The molecule has 0 radical (unpaired) electrons. The Bertz CT molecular complexity index is 1650. The number of nitrogens with two attached hydrogens (primary N) is 1. The minimum atomic E-state index is -1.16. The smallest absolute Gasteiger partial charge is 0.404 e. The summed E-state index contributed by atoms with van der Waals surface area (Å²) in [4.78, 5) is 37.7. The van der Waals surface area contributed by atoms with Crippen LogP contribution in [0.15, 0.2) is 51.2 Å². The first-order valence-electron chi connectivity index (χ1n) is 14.2. The van der Waals surface area contributed by atoms with E-state index in [2.05, 4.69) is 0 Å². The fraction of sp³-hybridized carbons (Fsp3) is 0.424. The summed E-state index contributed by atoms with van der Waals surface area (Å²) in [6.45, 7) is 11.3. The van der Waals surface area contributed by atoms with Gasteiger partial charge in [0.25, 0.3) is 0 Å². The first-order chi connectivity index (χ1) is 20.1. The number of aliphatic hydroxyl groups excluding tert-OH is 1. The maximum absolute atomic E-state index is 13.1. The zero-order chi connectivity index (χ0) is 31.8. The van der Waals surface area contributed by atoms with E-state index < -0.39 is 42.2 Å². The predicted molar refractivity (Wildman–Crippen MR) is 161 cm³/mol. The molecule has 1 aromatic heterocycles. The number of aromatic hydroxyl groups is 2. The van der Waals surface area contributed by atoms with E-state index in [0.29, 0.717) is 29.7 Å². The van der Waals surface area contributed by atoms with Crippen molar-refractivity contribution in [3.8, 4) is 17.2 Å². The SMILES string of the molecule is CC(C)=CCc1cc(C(=O)Cc2c(O)c3ccc(O[C@H]4CC(C)(C)[C@H](C)[C@H](OC(N)=O)[C@@H]4O)c(C)c3oc2=O)ccc1O. The molecular weight excluding hydrogens is 554 g/mol. The van der Waals surface area contributed by atoms with Crippen LogP contribution < -0.4 is 16.1 Å². The molecular formula is C33H39NO9. The summed E-state index contributed by atoms with van der Waals surface area (Å²) in [6, 6.07) is 7.58. The first kappa shape index (κ1) is 31.6. The number of fused-ring (bicyclic) bond motifs is 1. The van der Waals surface area contributed by atoms with E-state index in [9.17, 15) is 29.7 Å². The third-order valence-electron chi connectivity index (χ3n) is 8.51. The molecule has 4 atom stereocenters. The summed E-state index contributed by atoms with van der Waals surface area (Å²) >= 11 is 0. The molecule has 1 saturated carbocycles. The van der Waals surface area contributed by atoms with Gasteiger partial charge in [0.15, 0.2) is 5.78 Å². The number of Topliss-reactive ketones (excluding diaryl/α,β-unsaturated/α-hetero) is 1. The van der Waals surface area contributed by atoms with Crippen molar-refractivity contribution in [2.45, 2.75) is 79.1 Å². The third-order valence-corrected chi connectivity index (χ3v) is 8.51. The molecule has 0 unspecified atom stereocenters. The minimum absolute atomic E-state index is 0.0605. The van der Waals surface area contributed by atoms with Gasteiger partial charge in [-0.2, -0.15) is 0 Å². The summed E-state index contributed by atoms with van der Waals surface area (Å²) in [5, 5.41) is 32.5. The van der Waals surface area contributed by atoms with Gasteiger partial charge in [-0.25, -0.2) is 9.59 Å². The van der Waals surface area contributed by atoms with Crippen LogP contribution in [-0.2, 0) is 17.6 Å². The lowest BCUT2D eigenvalue weighted by atomic mass is 9.66. The molecule has 10 nitrogen and oxygen atoms in total. The lowest BCUT2D eigenvalue weighted by Crippen LogP contribution is -2.56. The number of allylic oxidation sites excluding steroid dienone is 2.